The predicted molar refractivity (Wildman–Crippen MR) is 70.0 cm³/mol. The number of halogens is 1. The molecule has 2 heterocycles. The molecule has 0 unspecified atom stereocenters. The van der Waals surface area contributed by atoms with Crippen LogP contribution in [-0.2, 0) is 6.54 Å². The zero-order chi connectivity index (χ0) is 11.0. The summed E-state index contributed by atoms with van der Waals surface area (Å²) < 4.78 is 3.35. The Labute approximate surface area is 107 Å². The molecular formula is C11H12BrN3S. The number of hydrogen-bond acceptors (Lipinski definition) is 3. The van der Waals surface area contributed by atoms with Crippen LogP contribution in [0.5, 0.6) is 0 Å². The van der Waals surface area contributed by atoms with Crippen LogP contribution in [-0.4, -0.2) is 15.6 Å². The molecule has 84 valence electrons. The standard InChI is InChI=1S/C11H12BrN3S/c12-9-3-6-16-10(9)7-15-5-4-13-11(15)14-8-1-2-8/h3-6,8H,1-2,7H2,(H,13,14). The van der Waals surface area contributed by atoms with E-state index in [-0.39, 0.29) is 0 Å². The fraction of sp³-hybridized carbons (Fsp3) is 0.364. The lowest BCUT2D eigenvalue weighted by molar-refractivity contribution is 0.806. The monoisotopic (exact) mass is 297 g/mol. The largest absolute Gasteiger partial charge is 0.353 e. The summed E-state index contributed by atoms with van der Waals surface area (Å²) in [5.41, 5.74) is 0. The molecule has 1 N–H and O–H groups in total. The minimum Gasteiger partial charge on any atom is -0.353 e. The molecule has 5 heteroatoms. The zero-order valence-corrected chi connectivity index (χ0v) is 11.1. The quantitative estimate of drug-likeness (QED) is 0.938. The zero-order valence-electron chi connectivity index (χ0n) is 8.69. The Hall–Kier alpha value is -0.810. The molecule has 1 saturated carbocycles. The summed E-state index contributed by atoms with van der Waals surface area (Å²) in [6.07, 6.45) is 6.42. The summed E-state index contributed by atoms with van der Waals surface area (Å²) in [5, 5.41) is 5.54. The third-order valence-corrected chi connectivity index (χ3v) is 4.54. The number of nitrogens with one attached hydrogen (secondary N) is 1. The molecule has 0 saturated heterocycles. The van der Waals surface area contributed by atoms with Gasteiger partial charge >= 0.3 is 0 Å². The summed E-state index contributed by atoms with van der Waals surface area (Å²) in [6.45, 7) is 0.882. The smallest absolute Gasteiger partial charge is 0.203 e. The van der Waals surface area contributed by atoms with Crippen molar-refractivity contribution < 1.29 is 0 Å². The molecule has 2 aromatic rings. The minimum atomic E-state index is 0.646. The van der Waals surface area contributed by atoms with Crippen LogP contribution >= 0.6 is 27.3 Å². The van der Waals surface area contributed by atoms with Gasteiger partial charge in [-0.05, 0) is 40.2 Å². The van der Waals surface area contributed by atoms with Crippen molar-refractivity contribution in [2.75, 3.05) is 5.32 Å². The fourth-order valence-corrected chi connectivity index (χ4v) is 3.06. The Morgan fingerprint density at radius 2 is 2.44 bits per heavy atom. The first-order chi connectivity index (χ1) is 7.83. The molecule has 0 atom stereocenters. The van der Waals surface area contributed by atoms with Gasteiger partial charge in [-0.15, -0.1) is 11.3 Å². The molecule has 16 heavy (non-hydrogen) atoms. The van der Waals surface area contributed by atoms with Crippen LogP contribution in [0.1, 0.15) is 17.7 Å². The van der Waals surface area contributed by atoms with Gasteiger partial charge in [0, 0.05) is 27.8 Å². The number of nitrogens with zero attached hydrogens (tertiary/aromatic N) is 2. The van der Waals surface area contributed by atoms with Gasteiger partial charge in [-0.25, -0.2) is 4.98 Å². The fourth-order valence-electron chi connectivity index (χ4n) is 1.58. The van der Waals surface area contributed by atoms with Crippen LogP contribution in [0.25, 0.3) is 0 Å². The highest BCUT2D eigenvalue weighted by molar-refractivity contribution is 9.10. The minimum absolute atomic E-state index is 0.646. The normalized spacial score (nSPS) is 15.3. The highest BCUT2D eigenvalue weighted by atomic mass is 79.9. The summed E-state index contributed by atoms with van der Waals surface area (Å²) in [4.78, 5) is 5.68. The van der Waals surface area contributed by atoms with Crippen LogP contribution in [0.15, 0.2) is 28.3 Å². The van der Waals surface area contributed by atoms with Crippen molar-refractivity contribution in [2.45, 2.75) is 25.4 Å². The maximum absolute atomic E-state index is 4.35. The summed E-state index contributed by atoms with van der Waals surface area (Å²) in [7, 11) is 0. The Balaban J connectivity index is 1.78. The van der Waals surface area contributed by atoms with Crippen molar-refractivity contribution in [2.24, 2.45) is 0 Å². The molecule has 0 amide bonds. The Morgan fingerprint density at radius 3 is 3.12 bits per heavy atom. The van der Waals surface area contributed by atoms with Crippen molar-refractivity contribution in [3.05, 3.63) is 33.2 Å². The van der Waals surface area contributed by atoms with E-state index < -0.39 is 0 Å². The topological polar surface area (TPSA) is 29.9 Å². The van der Waals surface area contributed by atoms with Crippen molar-refractivity contribution in [1.29, 1.82) is 0 Å². The van der Waals surface area contributed by atoms with E-state index in [9.17, 15) is 0 Å². The van der Waals surface area contributed by atoms with Crippen LogP contribution in [0.4, 0.5) is 5.95 Å². The van der Waals surface area contributed by atoms with Crippen molar-refractivity contribution in [3.63, 3.8) is 0 Å². The third-order valence-electron chi connectivity index (χ3n) is 2.63. The van der Waals surface area contributed by atoms with E-state index in [2.05, 4.69) is 42.2 Å². The maximum Gasteiger partial charge on any atom is 0.203 e. The highest BCUT2D eigenvalue weighted by Crippen LogP contribution is 2.27. The number of rotatable bonds is 4. The molecule has 0 bridgehead atoms. The van der Waals surface area contributed by atoms with Gasteiger partial charge in [0.05, 0.1) is 6.54 Å². The van der Waals surface area contributed by atoms with Crippen molar-refractivity contribution in [1.82, 2.24) is 9.55 Å². The molecule has 2 aromatic heterocycles. The van der Waals surface area contributed by atoms with Gasteiger partial charge in [0.25, 0.3) is 0 Å². The van der Waals surface area contributed by atoms with E-state index in [1.54, 1.807) is 11.3 Å². The van der Waals surface area contributed by atoms with Crippen molar-refractivity contribution >= 4 is 33.2 Å². The molecule has 1 fully saturated rings. The van der Waals surface area contributed by atoms with Gasteiger partial charge < -0.3 is 9.88 Å². The molecular weight excluding hydrogens is 286 g/mol. The molecule has 3 nitrogen and oxygen atoms in total. The van der Waals surface area contributed by atoms with E-state index >= 15 is 0 Å². The van der Waals surface area contributed by atoms with E-state index in [1.165, 1.54) is 22.2 Å². The second-order valence-corrected chi connectivity index (χ2v) is 5.84. The van der Waals surface area contributed by atoms with Crippen LogP contribution in [0.3, 0.4) is 0 Å². The molecule has 0 aliphatic heterocycles. The summed E-state index contributed by atoms with van der Waals surface area (Å²) >= 11 is 5.32. The van der Waals surface area contributed by atoms with Crippen LogP contribution in [0.2, 0.25) is 0 Å². The summed E-state index contributed by atoms with van der Waals surface area (Å²) in [6, 6.07) is 2.73. The molecule has 3 rings (SSSR count). The van der Waals surface area contributed by atoms with Gasteiger partial charge in [-0.2, -0.15) is 0 Å². The maximum atomic E-state index is 4.35. The SMILES string of the molecule is Brc1ccsc1Cn1ccnc1NC1CC1. The van der Waals surface area contributed by atoms with Crippen LogP contribution < -0.4 is 5.32 Å². The second kappa shape index (κ2) is 4.22. The molecule has 1 aliphatic carbocycles. The van der Waals surface area contributed by atoms with Gasteiger partial charge in [0.2, 0.25) is 5.95 Å². The first-order valence-corrected chi connectivity index (χ1v) is 7.00. The number of imidazole rings is 1. The highest BCUT2D eigenvalue weighted by Gasteiger charge is 2.22. The second-order valence-electron chi connectivity index (χ2n) is 3.99. The first-order valence-electron chi connectivity index (χ1n) is 5.32. The molecule has 0 aromatic carbocycles. The van der Waals surface area contributed by atoms with Crippen molar-refractivity contribution in [3.8, 4) is 0 Å². The number of aromatic nitrogens is 2. The Bertz CT molecular complexity index is 487. The lowest BCUT2D eigenvalue weighted by Gasteiger charge is -2.08. The van der Waals surface area contributed by atoms with Gasteiger partial charge in [-0.1, -0.05) is 0 Å². The molecule has 1 aliphatic rings. The van der Waals surface area contributed by atoms with E-state index in [4.69, 9.17) is 0 Å². The van der Waals surface area contributed by atoms with E-state index in [1.807, 2.05) is 12.4 Å². The first kappa shape index (κ1) is 10.4. The van der Waals surface area contributed by atoms with Gasteiger partial charge in [0.1, 0.15) is 0 Å². The average Bonchev–Trinajstić information content (AvgIpc) is 2.84. The number of hydrogen-bond donors (Lipinski definition) is 1. The predicted octanol–water partition coefficient (Wildman–Crippen LogP) is 3.33. The summed E-state index contributed by atoms with van der Waals surface area (Å²) in [5.74, 6) is 0.989. The lowest BCUT2D eigenvalue weighted by atomic mass is 10.4. The number of anilines is 1. The van der Waals surface area contributed by atoms with Gasteiger partial charge in [-0.3, -0.25) is 0 Å². The average molecular weight is 298 g/mol. The lowest BCUT2D eigenvalue weighted by Crippen LogP contribution is -2.09. The third kappa shape index (κ3) is 2.15. The van der Waals surface area contributed by atoms with E-state index in [0.29, 0.717) is 6.04 Å². The Kier molecular flexibility index (Phi) is 2.73. The molecule has 0 spiro atoms. The van der Waals surface area contributed by atoms with Gasteiger partial charge in [0.15, 0.2) is 0 Å². The van der Waals surface area contributed by atoms with E-state index in [0.717, 1.165) is 12.5 Å². The van der Waals surface area contributed by atoms with Crippen LogP contribution in [0, 0.1) is 0 Å². The molecule has 0 radical (unpaired) electrons. The number of thiophene rings is 1. The Morgan fingerprint density at radius 1 is 1.56 bits per heavy atom.